The zero-order valence-electron chi connectivity index (χ0n) is 7.15. The Morgan fingerprint density at radius 1 is 1.31 bits per heavy atom. The number of aromatic amines is 1. The number of halogens is 2. The summed E-state index contributed by atoms with van der Waals surface area (Å²) in [6, 6.07) is 0. The maximum atomic E-state index is 5.99. The van der Waals surface area contributed by atoms with Crippen LogP contribution in [0.25, 0.3) is 11.0 Å². The number of fused-ring (bicyclic) bond motifs is 1. The van der Waals surface area contributed by atoms with Gasteiger partial charge in [0, 0.05) is 0 Å². The summed E-state index contributed by atoms with van der Waals surface area (Å²) in [6.45, 7) is 3.78. The second-order valence-corrected chi connectivity index (χ2v) is 4.00. The van der Waals surface area contributed by atoms with Crippen LogP contribution in [0.3, 0.4) is 0 Å². The average Bonchev–Trinajstić information content (AvgIpc) is 2.27. The third-order valence-corrected chi connectivity index (χ3v) is 2.98. The van der Waals surface area contributed by atoms with Crippen molar-refractivity contribution in [3.8, 4) is 0 Å². The average molecular weight is 261 g/mol. The van der Waals surface area contributed by atoms with Crippen LogP contribution >= 0.6 is 27.5 Å². The van der Waals surface area contributed by atoms with E-state index in [4.69, 9.17) is 11.6 Å². The lowest BCUT2D eigenvalue weighted by molar-refractivity contribution is 1.08. The minimum absolute atomic E-state index is 0.502. The topological polar surface area (TPSA) is 41.6 Å². The fourth-order valence-corrected chi connectivity index (χ4v) is 2.01. The maximum absolute atomic E-state index is 5.99. The first-order valence-electron chi connectivity index (χ1n) is 3.77. The zero-order chi connectivity index (χ0) is 9.59. The lowest BCUT2D eigenvalue weighted by Crippen LogP contribution is -1.88. The van der Waals surface area contributed by atoms with Gasteiger partial charge in [-0.1, -0.05) is 11.6 Å². The molecule has 0 bridgehead atoms. The molecule has 0 spiro atoms. The maximum Gasteiger partial charge on any atom is 0.143 e. The van der Waals surface area contributed by atoms with Crippen molar-refractivity contribution in [1.82, 2.24) is 15.0 Å². The Bertz CT molecular complexity index is 478. The third-order valence-electron chi connectivity index (χ3n) is 1.91. The smallest absolute Gasteiger partial charge is 0.143 e. The van der Waals surface area contributed by atoms with Crippen molar-refractivity contribution in [2.24, 2.45) is 0 Å². The van der Waals surface area contributed by atoms with Gasteiger partial charge in [-0.3, -0.25) is 0 Å². The van der Waals surface area contributed by atoms with E-state index in [1.54, 1.807) is 0 Å². The minimum Gasteiger partial charge on any atom is -0.334 e. The van der Waals surface area contributed by atoms with E-state index in [0.717, 1.165) is 21.2 Å². The number of H-pyrrole nitrogens is 1. The Kier molecular flexibility index (Phi) is 2.04. The zero-order valence-corrected chi connectivity index (χ0v) is 9.49. The molecule has 0 amide bonds. The van der Waals surface area contributed by atoms with Crippen molar-refractivity contribution in [2.45, 2.75) is 13.8 Å². The van der Waals surface area contributed by atoms with Gasteiger partial charge in [0.25, 0.3) is 0 Å². The lowest BCUT2D eigenvalue weighted by Gasteiger charge is -1.95. The van der Waals surface area contributed by atoms with Crippen LogP contribution in [0.4, 0.5) is 0 Å². The molecule has 0 aromatic carbocycles. The molecule has 2 rings (SSSR count). The van der Waals surface area contributed by atoms with E-state index < -0.39 is 0 Å². The van der Waals surface area contributed by atoms with Crippen LogP contribution in [0, 0.1) is 13.8 Å². The van der Waals surface area contributed by atoms with E-state index in [1.165, 1.54) is 0 Å². The van der Waals surface area contributed by atoms with Gasteiger partial charge in [0.15, 0.2) is 0 Å². The minimum atomic E-state index is 0.502. The summed E-state index contributed by atoms with van der Waals surface area (Å²) in [6.07, 6.45) is 0. The summed E-state index contributed by atoms with van der Waals surface area (Å²) in [7, 11) is 0. The fourth-order valence-electron chi connectivity index (χ4n) is 1.27. The first-order chi connectivity index (χ1) is 6.09. The molecular formula is C8H7BrClN3. The molecule has 5 heteroatoms. The molecule has 0 saturated carbocycles. The number of hydrogen-bond donors (Lipinski definition) is 1. The third kappa shape index (κ3) is 1.34. The molecule has 1 N–H and O–H groups in total. The molecular weight excluding hydrogens is 253 g/mol. The van der Waals surface area contributed by atoms with Crippen LogP contribution in [0.15, 0.2) is 4.60 Å². The van der Waals surface area contributed by atoms with Crippen LogP contribution in [0.1, 0.15) is 11.4 Å². The van der Waals surface area contributed by atoms with Crippen LogP contribution in [0.5, 0.6) is 0 Å². The quantitative estimate of drug-likeness (QED) is 0.740. The largest absolute Gasteiger partial charge is 0.334 e. The van der Waals surface area contributed by atoms with Gasteiger partial charge in [-0.2, -0.15) is 0 Å². The van der Waals surface area contributed by atoms with Crippen molar-refractivity contribution in [3.05, 3.63) is 21.1 Å². The molecule has 0 fully saturated rings. The Hall–Kier alpha value is -0.610. The molecule has 2 heterocycles. The Labute approximate surface area is 88.7 Å². The summed E-state index contributed by atoms with van der Waals surface area (Å²) >= 11 is 9.37. The predicted octanol–water partition coefficient (Wildman–Crippen LogP) is 2.99. The molecule has 2 aromatic heterocycles. The number of aromatic nitrogens is 3. The molecule has 0 radical (unpaired) electrons. The molecule has 68 valence electrons. The van der Waals surface area contributed by atoms with Gasteiger partial charge in [-0.05, 0) is 35.3 Å². The highest BCUT2D eigenvalue weighted by atomic mass is 79.9. The summed E-state index contributed by atoms with van der Waals surface area (Å²) in [5.74, 6) is 0.672. The van der Waals surface area contributed by atoms with Gasteiger partial charge >= 0.3 is 0 Å². The summed E-state index contributed by atoms with van der Waals surface area (Å²) in [5, 5.41) is 1.39. The summed E-state index contributed by atoms with van der Waals surface area (Å²) in [4.78, 5) is 11.4. The van der Waals surface area contributed by atoms with Crippen LogP contribution in [0.2, 0.25) is 5.15 Å². The van der Waals surface area contributed by atoms with Crippen LogP contribution < -0.4 is 0 Å². The monoisotopic (exact) mass is 259 g/mol. The number of rotatable bonds is 0. The summed E-state index contributed by atoms with van der Waals surface area (Å²) in [5.41, 5.74) is 1.82. The highest BCUT2D eigenvalue weighted by Crippen LogP contribution is 2.28. The number of hydrogen-bond acceptors (Lipinski definition) is 2. The van der Waals surface area contributed by atoms with Crippen molar-refractivity contribution in [1.29, 1.82) is 0 Å². The lowest BCUT2D eigenvalue weighted by atomic mass is 10.3. The molecule has 0 unspecified atom stereocenters. The molecule has 13 heavy (non-hydrogen) atoms. The Morgan fingerprint density at radius 2 is 2.00 bits per heavy atom. The van der Waals surface area contributed by atoms with E-state index >= 15 is 0 Å². The molecule has 0 aliphatic heterocycles. The molecule has 0 aliphatic carbocycles. The van der Waals surface area contributed by atoms with E-state index in [1.807, 2.05) is 13.8 Å². The Morgan fingerprint density at radius 3 is 2.69 bits per heavy atom. The van der Waals surface area contributed by atoms with E-state index in [0.29, 0.717) is 11.0 Å². The second-order valence-electron chi connectivity index (χ2n) is 2.85. The van der Waals surface area contributed by atoms with Crippen molar-refractivity contribution < 1.29 is 0 Å². The predicted molar refractivity (Wildman–Crippen MR) is 56.1 cm³/mol. The molecule has 0 atom stereocenters. The van der Waals surface area contributed by atoms with Crippen LogP contribution in [-0.2, 0) is 0 Å². The number of aryl methyl sites for hydroxylation is 2. The first kappa shape index (κ1) is 8.97. The van der Waals surface area contributed by atoms with Gasteiger partial charge in [0.2, 0.25) is 0 Å². The van der Waals surface area contributed by atoms with Gasteiger partial charge in [0.1, 0.15) is 16.6 Å². The first-order valence-corrected chi connectivity index (χ1v) is 4.94. The van der Waals surface area contributed by atoms with Gasteiger partial charge in [0.05, 0.1) is 9.99 Å². The number of nitrogens with zero attached hydrogens (tertiary/aromatic N) is 2. The number of nitrogens with one attached hydrogen (secondary N) is 1. The molecule has 3 nitrogen and oxygen atoms in total. The van der Waals surface area contributed by atoms with Crippen molar-refractivity contribution >= 4 is 38.6 Å². The molecule has 0 saturated heterocycles. The molecule has 0 aliphatic rings. The van der Waals surface area contributed by atoms with Crippen molar-refractivity contribution in [3.63, 3.8) is 0 Å². The van der Waals surface area contributed by atoms with E-state index in [-0.39, 0.29) is 0 Å². The highest BCUT2D eigenvalue weighted by Gasteiger charge is 2.11. The second kappa shape index (κ2) is 2.96. The van der Waals surface area contributed by atoms with Gasteiger partial charge < -0.3 is 4.98 Å². The molecule has 2 aromatic rings. The van der Waals surface area contributed by atoms with E-state index in [9.17, 15) is 0 Å². The standard InChI is InChI=1S/C8H7BrClN3/c1-3-5-7(10)11-4(2)12-8(5)13-6(3)9/h1-2H3,(H,11,12,13). The van der Waals surface area contributed by atoms with Crippen molar-refractivity contribution in [2.75, 3.05) is 0 Å². The Balaban J connectivity index is 2.94. The summed E-state index contributed by atoms with van der Waals surface area (Å²) < 4.78 is 0.907. The fraction of sp³-hybridized carbons (Fsp3) is 0.250. The SMILES string of the molecule is Cc1nc(Cl)c2c(C)c(Br)[nH]c2n1. The highest BCUT2D eigenvalue weighted by molar-refractivity contribution is 9.10. The van der Waals surface area contributed by atoms with Crippen LogP contribution in [-0.4, -0.2) is 15.0 Å². The van der Waals surface area contributed by atoms with E-state index in [2.05, 4.69) is 30.9 Å². The van der Waals surface area contributed by atoms with Gasteiger partial charge in [-0.15, -0.1) is 0 Å². The van der Waals surface area contributed by atoms with Gasteiger partial charge in [-0.25, -0.2) is 9.97 Å². The normalized spacial score (nSPS) is 11.1.